The summed E-state index contributed by atoms with van der Waals surface area (Å²) < 4.78 is 27.9. The number of benzene rings is 1. The van der Waals surface area contributed by atoms with Crippen molar-refractivity contribution in [2.24, 2.45) is 0 Å². The van der Waals surface area contributed by atoms with Crippen molar-refractivity contribution in [3.05, 3.63) is 29.8 Å². The number of sulfone groups is 1. The first-order valence-electron chi connectivity index (χ1n) is 6.62. The largest absolute Gasteiger partial charge is 0.462 e. The number of nitrogens with one attached hydrogen (secondary N) is 1. The zero-order valence-corrected chi connectivity index (χ0v) is 12.9. The number of anilines is 1. The molecule has 1 rings (SSSR count). The average molecular weight is 299 g/mol. The summed E-state index contributed by atoms with van der Waals surface area (Å²) in [4.78, 5) is 11.5. The molecule has 0 aromatic heterocycles. The standard InChI is InChI=1S/C14H21NO4S/c1-4-19-14(16)12-6-8-13(9-7-12)15-11(3)10-20(17,18)5-2/h6-9,11,15H,4-5,10H2,1-3H3. The van der Waals surface area contributed by atoms with Crippen LogP contribution in [-0.4, -0.2) is 38.5 Å². The number of carbonyl (C=O) groups is 1. The quantitative estimate of drug-likeness (QED) is 0.781. The molecule has 0 aliphatic carbocycles. The van der Waals surface area contributed by atoms with E-state index >= 15 is 0 Å². The summed E-state index contributed by atoms with van der Waals surface area (Å²) in [6.45, 7) is 5.54. The SMILES string of the molecule is CCOC(=O)c1ccc(NC(C)CS(=O)(=O)CC)cc1. The van der Waals surface area contributed by atoms with Crippen molar-refractivity contribution in [2.75, 3.05) is 23.4 Å². The topological polar surface area (TPSA) is 72.5 Å². The van der Waals surface area contributed by atoms with E-state index in [0.717, 1.165) is 5.69 Å². The summed E-state index contributed by atoms with van der Waals surface area (Å²) in [6, 6.07) is 6.60. The van der Waals surface area contributed by atoms with Crippen LogP contribution < -0.4 is 5.32 Å². The van der Waals surface area contributed by atoms with Crippen LogP contribution in [0.4, 0.5) is 5.69 Å². The van der Waals surface area contributed by atoms with Gasteiger partial charge in [-0.2, -0.15) is 0 Å². The van der Waals surface area contributed by atoms with Gasteiger partial charge in [-0.3, -0.25) is 0 Å². The molecule has 1 N–H and O–H groups in total. The second-order valence-corrected chi connectivity index (χ2v) is 6.94. The van der Waals surface area contributed by atoms with Gasteiger partial charge in [-0.25, -0.2) is 13.2 Å². The first-order chi connectivity index (χ1) is 9.38. The van der Waals surface area contributed by atoms with Crippen LogP contribution in [0.2, 0.25) is 0 Å². The van der Waals surface area contributed by atoms with E-state index in [1.54, 1.807) is 38.1 Å². The van der Waals surface area contributed by atoms with Gasteiger partial charge in [0.25, 0.3) is 0 Å². The Morgan fingerprint density at radius 2 is 1.85 bits per heavy atom. The lowest BCUT2D eigenvalue weighted by molar-refractivity contribution is 0.0526. The Hall–Kier alpha value is -1.56. The molecule has 112 valence electrons. The van der Waals surface area contributed by atoms with Gasteiger partial charge < -0.3 is 10.1 Å². The zero-order valence-electron chi connectivity index (χ0n) is 12.0. The molecule has 0 heterocycles. The maximum atomic E-state index is 11.5. The lowest BCUT2D eigenvalue weighted by Crippen LogP contribution is -2.26. The molecule has 1 aromatic rings. The van der Waals surface area contributed by atoms with Crippen LogP contribution in [0, 0.1) is 0 Å². The summed E-state index contributed by atoms with van der Waals surface area (Å²) in [7, 11) is -3.00. The van der Waals surface area contributed by atoms with Crippen molar-refractivity contribution in [1.82, 2.24) is 0 Å². The van der Waals surface area contributed by atoms with E-state index in [-0.39, 0.29) is 23.5 Å². The molecule has 0 spiro atoms. The second-order valence-electron chi connectivity index (χ2n) is 4.54. The molecule has 20 heavy (non-hydrogen) atoms. The highest BCUT2D eigenvalue weighted by Gasteiger charge is 2.13. The van der Waals surface area contributed by atoms with Gasteiger partial charge in [0.1, 0.15) is 0 Å². The summed E-state index contributed by atoms with van der Waals surface area (Å²) in [5, 5.41) is 3.10. The number of esters is 1. The number of rotatable bonds is 7. The maximum Gasteiger partial charge on any atom is 0.338 e. The van der Waals surface area contributed by atoms with Crippen molar-refractivity contribution < 1.29 is 17.9 Å². The lowest BCUT2D eigenvalue weighted by Gasteiger charge is -2.15. The van der Waals surface area contributed by atoms with Crippen LogP contribution in [0.15, 0.2) is 24.3 Å². The fourth-order valence-electron chi connectivity index (χ4n) is 1.74. The Labute approximate surface area is 120 Å². The van der Waals surface area contributed by atoms with E-state index in [2.05, 4.69) is 5.32 Å². The first kappa shape index (κ1) is 16.5. The third kappa shape index (κ3) is 5.21. The molecule has 0 saturated carbocycles. The highest BCUT2D eigenvalue weighted by atomic mass is 32.2. The average Bonchev–Trinajstić information content (AvgIpc) is 2.39. The van der Waals surface area contributed by atoms with Gasteiger partial charge in [0.2, 0.25) is 0 Å². The normalized spacial score (nSPS) is 12.8. The Kier molecular flexibility index (Phi) is 6.01. The van der Waals surface area contributed by atoms with Crippen LogP contribution in [0.1, 0.15) is 31.1 Å². The fourth-order valence-corrected chi connectivity index (χ4v) is 2.82. The van der Waals surface area contributed by atoms with Crippen LogP contribution in [0.25, 0.3) is 0 Å². The van der Waals surface area contributed by atoms with Gasteiger partial charge in [-0.15, -0.1) is 0 Å². The first-order valence-corrected chi connectivity index (χ1v) is 8.44. The second kappa shape index (κ2) is 7.28. The molecule has 5 nitrogen and oxygen atoms in total. The minimum atomic E-state index is -3.00. The van der Waals surface area contributed by atoms with E-state index < -0.39 is 9.84 Å². The minimum Gasteiger partial charge on any atom is -0.462 e. The molecular formula is C14H21NO4S. The molecule has 0 aliphatic heterocycles. The monoisotopic (exact) mass is 299 g/mol. The predicted octanol–water partition coefficient (Wildman–Crippen LogP) is 2.10. The van der Waals surface area contributed by atoms with Gasteiger partial charge in [-0.05, 0) is 38.1 Å². The molecular weight excluding hydrogens is 278 g/mol. The molecule has 0 bridgehead atoms. The maximum absolute atomic E-state index is 11.5. The minimum absolute atomic E-state index is 0.0864. The van der Waals surface area contributed by atoms with E-state index in [1.165, 1.54) is 0 Å². The van der Waals surface area contributed by atoms with Crippen LogP contribution in [0.5, 0.6) is 0 Å². The molecule has 1 aromatic carbocycles. The third-order valence-electron chi connectivity index (χ3n) is 2.75. The van der Waals surface area contributed by atoms with Crippen molar-refractivity contribution in [3.8, 4) is 0 Å². The van der Waals surface area contributed by atoms with Gasteiger partial charge in [0.05, 0.1) is 17.9 Å². The number of hydrogen-bond acceptors (Lipinski definition) is 5. The molecule has 0 radical (unpaired) electrons. The smallest absolute Gasteiger partial charge is 0.338 e. The fraction of sp³-hybridized carbons (Fsp3) is 0.500. The number of ether oxygens (including phenoxy) is 1. The van der Waals surface area contributed by atoms with Crippen LogP contribution >= 0.6 is 0 Å². The molecule has 1 unspecified atom stereocenters. The lowest BCUT2D eigenvalue weighted by atomic mass is 10.2. The summed E-state index contributed by atoms with van der Waals surface area (Å²) in [5.41, 5.74) is 1.25. The van der Waals surface area contributed by atoms with E-state index in [1.807, 2.05) is 6.92 Å². The van der Waals surface area contributed by atoms with Crippen molar-refractivity contribution >= 4 is 21.5 Å². The molecule has 0 saturated heterocycles. The molecule has 0 amide bonds. The van der Waals surface area contributed by atoms with Gasteiger partial charge >= 0.3 is 5.97 Å². The molecule has 0 fully saturated rings. The summed E-state index contributed by atoms with van der Waals surface area (Å²) in [6.07, 6.45) is 0. The van der Waals surface area contributed by atoms with Crippen LogP contribution in [0.3, 0.4) is 0 Å². The van der Waals surface area contributed by atoms with Crippen LogP contribution in [-0.2, 0) is 14.6 Å². The third-order valence-corrected chi connectivity index (χ3v) is 4.64. The summed E-state index contributed by atoms with van der Waals surface area (Å²) in [5.74, 6) is -0.134. The number of carbonyl (C=O) groups excluding carboxylic acids is 1. The number of hydrogen-bond donors (Lipinski definition) is 1. The Bertz CT molecular complexity index is 537. The Balaban J connectivity index is 2.64. The highest BCUT2D eigenvalue weighted by molar-refractivity contribution is 7.91. The molecule has 6 heteroatoms. The Morgan fingerprint density at radius 3 is 2.35 bits per heavy atom. The van der Waals surface area contributed by atoms with Crippen molar-refractivity contribution in [3.63, 3.8) is 0 Å². The summed E-state index contributed by atoms with van der Waals surface area (Å²) >= 11 is 0. The van der Waals surface area contributed by atoms with E-state index in [0.29, 0.717) is 12.2 Å². The van der Waals surface area contributed by atoms with Crippen molar-refractivity contribution in [2.45, 2.75) is 26.8 Å². The zero-order chi connectivity index (χ0) is 15.2. The van der Waals surface area contributed by atoms with Gasteiger partial charge in [-0.1, -0.05) is 6.92 Å². The van der Waals surface area contributed by atoms with Crippen molar-refractivity contribution in [1.29, 1.82) is 0 Å². The van der Waals surface area contributed by atoms with Gasteiger partial charge in [0, 0.05) is 17.5 Å². The predicted molar refractivity (Wildman–Crippen MR) is 79.8 cm³/mol. The van der Waals surface area contributed by atoms with Gasteiger partial charge in [0.15, 0.2) is 9.84 Å². The van der Waals surface area contributed by atoms with E-state index in [9.17, 15) is 13.2 Å². The molecule has 0 aliphatic rings. The molecule has 1 atom stereocenters. The highest BCUT2D eigenvalue weighted by Crippen LogP contribution is 2.12. The Morgan fingerprint density at radius 1 is 1.25 bits per heavy atom. The van der Waals surface area contributed by atoms with E-state index in [4.69, 9.17) is 4.74 Å².